The Hall–Kier alpha value is -0.610. The van der Waals surface area contributed by atoms with Crippen molar-refractivity contribution in [3.05, 3.63) is 0 Å². The quantitative estimate of drug-likeness (QED) is 0.686. The fraction of sp³-hybridized carbons (Fsp3) is 0.923. The van der Waals surface area contributed by atoms with E-state index in [1.54, 1.807) is 0 Å². The molecule has 0 bridgehead atoms. The van der Waals surface area contributed by atoms with Crippen molar-refractivity contribution in [2.24, 2.45) is 11.7 Å². The Morgan fingerprint density at radius 2 is 2.06 bits per heavy atom. The van der Waals surface area contributed by atoms with Crippen molar-refractivity contribution < 1.29 is 9.53 Å². The normalized spacial score (nSPS) is 16.7. The zero-order chi connectivity index (χ0) is 12.7. The van der Waals surface area contributed by atoms with Crippen molar-refractivity contribution in [2.45, 2.75) is 45.6 Å². The van der Waals surface area contributed by atoms with Gasteiger partial charge in [-0.05, 0) is 18.8 Å². The van der Waals surface area contributed by atoms with E-state index in [4.69, 9.17) is 10.5 Å². The van der Waals surface area contributed by atoms with E-state index in [9.17, 15) is 4.79 Å². The lowest BCUT2D eigenvalue weighted by Gasteiger charge is -2.30. The topological polar surface area (TPSA) is 55.6 Å². The van der Waals surface area contributed by atoms with Crippen LogP contribution in [0.2, 0.25) is 0 Å². The van der Waals surface area contributed by atoms with Gasteiger partial charge >= 0.3 is 0 Å². The van der Waals surface area contributed by atoms with Gasteiger partial charge in [0.15, 0.2) is 0 Å². The average molecular weight is 242 g/mol. The maximum absolute atomic E-state index is 12.1. The molecule has 0 aromatic carbocycles. The van der Waals surface area contributed by atoms with E-state index in [2.05, 4.69) is 13.8 Å². The highest BCUT2D eigenvalue weighted by atomic mass is 16.5. The molecule has 1 amide bonds. The molecule has 100 valence electrons. The monoisotopic (exact) mass is 242 g/mol. The molecule has 0 aromatic heterocycles. The molecule has 0 aromatic rings. The Kier molecular flexibility index (Phi) is 6.52. The molecule has 0 atom stereocenters. The molecule has 4 heteroatoms. The summed E-state index contributed by atoms with van der Waals surface area (Å²) in [4.78, 5) is 14.1. The average Bonchev–Trinajstić information content (AvgIpc) is 2.79. The number of rotatable bonds is 7. The number of amides is 1. The van der Waals surface area contributed by atoms with Crippen LogP contribution in [0.3, 0.4) is 0 Å². The molecule has 1 saturated carbocycles. The molecule has 2 N–H and O–H groups in total. The van der Waals surface area contributed by atoms with E-state index in [1.165, 1.54) is 12.8 Å². The molecule has 1 aliphatic rings. The number of carbonyl (C=O) groups excluding carboxylic acids is 1. The van der Waals surface area contributed by atoms with Gasteiger partial charge in [0, 0.05) is 19.1 Å². The van der Waals surface area contributed by atoms with E-state index in [1.807, 2.05) is 4.90 Å². The standard InChI is InChI=1S/C13H26N2O2/c1-11(2)9-15(12-5-3-4-6-12)13(16)10-17-8-7-14/h11-12H,3-10,14H2,1-2H3. The first-order chi connectivity index (χ1) is 8.15. The fourth-order valence-corrected chi connectivity index (χ4v) is 2.39. The molecule has 0 heterocycles. The zero-order valence-electron chi connectivity index (χ0n) is 11.2. The van der Waals surface area contributed by atoms with Gasteiger partial charge in [0.25, 0.3) is 0 Å². The van der Waals surface area contributed by atoms with Gasteiger partial charge in [-0.2, -0.15) is 0 Å². The number of hydrogen-bond acceptors (Lipinski definition) is 3. The van der Waals surface area contributed by atoms with Gasteiger partial charge in [0.1, 0.15) is 6.61 Å². The van der Waals surface area contributed by atoms with Gasteiger partial charge < -0.3 is 15.4 Å². The summed E-state index contributed by atoms with van der Waals surface area (Å²) < 4.78 is 5.25. The molecule has 4 nitrogen and oxygen atoms in total. The van der Waals surface area contributed by atoms with E-state index < -0.39 is 0 Å². The summed E-state index contributed by atoms with van der Waals surface area (Å²) in [6.07, 6.45) is 4.79. The summed E-state index contributed by atoms with van der Waals surface area (Å²) in [5, 5.41) is 0. The van der Waals surface area contributed by atoms with Crippen molar-refractivity contribution in [3.8, 4) is 0 Å². The van der Waals surface area contributed by atoms with Crippen LogP contribution >= 0.6 is 0 Å². The summed E-state index contributed by atoms with van der Waals surface area (Å²) in [6, 6.07) is 0.436. The molecule has 1 rings (SSSR count). The second-order valence-electron chi connectivity index (χ2n) is 5.22. The van der Waals surface area contributed by atoms with Crippen molar-refractivity contribution >= 4 is 5.91 Å². The Balaban J connectivity index is 2.45. The third-order valence-corrected chi connectivity index (χ3v) is 3.14. The van der Waals surface area contributed by atoms with Gasteiger partial charge in [-0.25, -0.2) is 0 Å². The number of ether oxygens (including phenoxy) is 1. The number of hydrogen-bond donors (Lipinski definition) is 1. The van der Waals surface area contributed by atoms with Gasteiger partial charge in [0.2, 0.25) is 5.91 Å². The Morgan fingerprint density at radius 3 is 2.59 bits per heavy atom. The van der Waals surface area contributed by atoms with Gasteiger partial charge in [-0.15, -0.1) is 0 Å². The molecule has 0 aliphatic heterocycles. The highest BCUT2D eigenvalue weighted by Crippen LogP contribution is 2.24. The fourth-order valence-electron chi connectivity index (χ4n) is 2.39. The third-order valence-electron chi connectivity index (χ3n) is 3.14. The first kappa shape index (κ1) is 14.5. The first-order valence-corrected chi connectivity index (χ1v) is 6.72. The summed E-state index contributed by atoms with van der Waals surface area (Å²) >= 11 is 0. The zero-order valence-corrected chi connectivity index (χ0v) is 11.2. The summed E-state index contributed by atoms with van der Waals surface area (Å²) in [7, 11) is 0. The molecular formula is C13H26N2O2. The van der Waals surface area contributed by atoms with E-state index in [-0.39, 0.29) is 12.5 Å². The van der Waals surface area contributed by atoms with Crippen LogP contribution in [-0.4, -0.2) is 43.2 Å². The predicted molar refractivity (Wildman–Crippen MR) is 68.7 cm³/mol. The van der Waals surface area contributed by atoms with E-state index >= 15 is 0 Å². The van der Waals surface area contributed by atoms with Gasteiger partial charge in [-0.1, -0.05) is 26.7 Å². The largest absolute Gasteiger partial charge is 0.370 e. The van der Waals surface area contributed by atoms with Crippen LogP contribution in [-0.2, 0) is 9.53 Å². The lowest BCUT2D eigenvalue weighted by atomic mass is 10.1. The van der Waals surface area contributed by atoms with Crippen LogP contribution < -0.4 is 5.73 Å². The molecule has 0 radical (unpaired) electrons. The van der Waals surface area contributed by atoms with Crippen molar-refractivity contribution in [1.29, 1.82) is 0 Å². The summed E-state index contributed by atoms with van der Waals surface area (Å²) in [6.45, 7) is 6.26. The summed E-state index contributed by atoms with van der Waals surface area (Å²) in [5.74, 6) is 0.633. The van der Waals surface area contributed by atoms with Crippen LogP contribution in [0.5, 0.6) is 0 Å². The highest BCUT2D eigenvalue weighted by molar-refractivity contribution is 5.77. The third kappa shape index (κ3) is 5.04. The smallest absolute Gasteiger partial charge is 0.248 e. The second-order valence-corrected chi connectivity index (χ2v) is 5.22. The van der Waals surface area contributed by atoms with Crippen molar-refractivity contribution in [1.82, 2.24) is 4.90 Å². The van der Waals surface area contributed by atoms with Crippen LogP contribution in [0.15, 0.2) is 0 Å². The molecule has 0 saturated heterocycles. The second kappa shape index (κ2) is 7.67. The van der Waals surface area contributed by atoms with Crippen LogP contribution in [0, 0.1) is 5.92 Å². The predicted octanol–water partition coefficient (Wildman–Crippen LogP) is 1.39. The number of nitrogens with zero attached hydrogens (tertiary/aromatic N) is 1. The maximum atomic E-state index is 12.1. The van der Waals surface area contributed by atoms with Gasteiger partial charge in [0.05, 0.1) is 6.61 Å². The molecule has 1 aliphatic carbocycles. The van der Waals surface area contributed by atoms with Crippen LogP contribution in [0.4, 0.5) is 0 Å². The molecule has 0 unspecified atom stereocenters. The minimum atomic E-state index is 0.124. The first-order valence-electron chi connectivity index (χ1n) is 6.72. The summed E-state index contributed by atoms with van der Waals surface area (Å²) in [5.41, 5.74) is 5.34. The molecular weight excluding hydrogens is 216 g/mol. The Morgan fingerprint density at radius 1 is 1.41 bits per heavy atom. The minimum absolute atomic E-state index is 0.124. The van der Waals surface area contributed by atoms with Crippen LogP contribution in [0.1, 0.15) is 39.5 Å². The van der Waals surface area contributed by atoms with E-state index in [0.29, 0.717) is 25.1 Å². The molecule has 17 heavy (non-hydrogen) atoms. The van der Waals surface area contributed by atoms with E-state index in [0.717, 1.165) is 19.4 Å². The van der Waals surface area contributed by atoms with Gasteiger partial charge in [-0.3, -0.25) is 4.79 Å². The highest BCUT2D eigenvalue weighted by Gasteiger charge is 2.26. The minimum Gasteiger partial charge on any atom is -0.370 e. The van der Waals surface area contributed by atoms with Crippen molar-refractivity contribution in [3.63, 3.8) is 0 Å². The lowest BCUT2D eigenvalue weighted by Crippen LogP contribution is -2.43. The Labute approximate surface area is 104 Å². The molecule has 0 spiro atoms. The number of carbonyl (C=O) groups is 1. The van der Waals surface area contributed by atoms with Crippen LogP contribution in [0.25, 0.3) is 0 Å². The Bertz CT molecular complexity index is 225. The SMILES string of the molecule is CC(C)CN(C(=O)COCCN)C1CCCC1. The number of nitrogens with two attached hydrogens (primary N) is 1. The lowest BCUT2D eigenvalue weighted by molar-refractivity contribution is -0.138. The van der Waals surface area contributed by atoms with Crippen molar-refractivity contribution in [2.75, 3.05) is 26.3 Å². The molecule has 1 fully saturated rings. The maximum Gasteiger partial charge on any atom is 0.248 e.